The number of nitro groups is 1. The van der Waals surface area contributed by atoms with Crippen molar-refractivity contribution in [1.82, 2.24) is 10.6 Å². The Morgan fingerprint density at radius 2 is 2.07 bits per heavy atom. The van der Waals surface area contributed by atoms with Crippen LogP contribution in [-0.4, -0.2) is 31.1 Å². The van der Waals surface area contributed by atoms with E-state index in [0.717, 1.165) is 30.9 Å². The fourth-order valence-corrected chi connectivity index (χ4v) is 3.36. The molecule has 0 bridgehead atoms. The number of hydrogen-bond acceptors (Lipinski definition) is 5. The van der Waals surface area contributed by atoms with Crippen LogP contribution in [0.15, 0.2) is 46.8 Å². The van der Waals surface area contributed by atoms with E-state index in [0.29, 0.717) is 13.2 Å². The van der Waals surface area contributed by atoms with Gasteiger partial charge in [0.25, 0.3) is 5.69 Å². The molecule has 0 radical (unpaired) electrons. The van der Waals surface area contributed by atoms with E-state index in [1.165, 1.54) is 17.0 Å². The molecule has 0 saturated carbocycles. The number of aliphatic imine (C=N–C) groups is 1. The van der Waals surface area contributed by atoms with Crippen molar-refractivity contribution in [2.24, 2.45) is 4.99 Å². The summed E-state index contributed by atoms with van der Waals surface area (Å²) in [5.41, 5.74) is 1.00. The number of non-ortho nitro benzene ring substituents is 1. The summed E-state index contributed by atoms with van der Waals surface area (Å²) in [6.07, 6.45) is 1.82. The van der Waals surface area contributed by atoms with E-state index >= 15 is 0 Å². The molecule has 9 heteroatoms. The van der Waals surface area contributed by atoms with Gasteiger partial charge in [0.1, 0.15) is 0 Å². The highest BCUT2D eigenvalue weighted by Gasteiger charge is 2.12. The molecule has 0 spiro atoms. The lowest BCUT2D eigenvalue weighted by molar-refractivity contribution is -0.384. The fraction of sp³-hybridized carbons (Fsp3) is 0.421. The molecule has 1 atom stereocenters. The molecule has 0 aliphatic carbocycles. The number of nitrogens with zero attached hydrogens (tertiary/aromatic N) is 2. The summed E-state index contributed by atoms with van der Waals surface area (Å²) in [7, 11) is 1.69. The predicted molar refractivity (Wildman–Crippen MR) is 125 cm³/mol. The van der Waals surface area contributed by atoms with Gasteiger partial charge in [0.05, 0.1) is 17.5 Å². The first-order chi connectivity index (χ1) is 13.1. The maximum Gasteiger partial charge on any atom is 0.269 e. The lowest BCUT2D eigenvalue weighted by Crippen LogP contribution is -2.40. The highest BCUT2D eigenvalue weighted by atomic mass is 127. The minimum absolute atomic E-state index is 0. The molecule has 2 N–H and O–H groups in total. The molecule has 1 heterocycles. The van der Waals surface area contributed by atoms with Gasteiger partial charge in [-0.2, -0.15) is 0 Å². The number of halogens is 1. The summed E-state index contributed by atoms with van der Waals surface area (Å²) in [6.45, 7) is 4.01. The molecule has 2 rings (SSSR count). The lowest BCUT2D eigenvalue weighted by atomic mass is 10.2. The zero-order valence-corrected chi connectivity index (χ0v) is 19.2. The van der Waals surface area contributed by atoms with Crippen molar-refractivity contribution in [2.45, 2.75) is 32.4 Å². The molecule has 0 saturated heterocycles. The monoisotopic (exact) mass is 518 g/mol. The topological polar surface area (TPSA) is 88.8 Å². The molecule has 1 aromatic carbocycles. The van der Waals surface area contributed by atoms with Gasteiger partial charge in [-0.3, -0.25) is 10.1 Å². The first-order valence-corrected chi connectivity index (χ1v) is 9.82. The number of methoxy groups -OCH3 is 1. The van der Waals surface area contributed by atoms with Crippen LogP contribution < -0.4 is 10.6 Å². The van der Waals surface area contributed by atoms with Gasteiger partial charge in [-0.15, -0.1) is 35.3 Å². The Labute approximate surface area is 186 Å². The number of nitro benzene ring substituents is 1. The van der Waals surface area contributed by atoms with Gasteiger partial charge >= 0.3 is 0 Å². The smallest absolute Gasteiger partial charge is 0.269 e. The second-order valence-electron chi connectivity index (χ2n) is 5.98. The Kier molecular flexibility index (Phi) is 11.7. The van der Waals surface area contributed by atoms with Gasteiger partial charge in [-0.25, -0.2) is 4.99 Å². The average Bonchev–Trinajstić information content (AvgIpc) is 3.21. The quantitative estimate of drug-likeness (QED) is 0.121. The van der Waals surface area contributed by atoms with Crippen LogP contribution in [0.5, 0.6) is 0 Å². The van der Waals surface area contributed by atoms with Gasteiger partial charge in [-0.05, 0) is 29.9 Å². The number of ether oxygens (including phenoxy) is 1. The van der Waals surface area contributed by atoms with Crippen molar-refractivity contribution in [1.29, 1.82) is 0 Å². The van der Waals surface area contributed by atoms with Crippen LogP contribution in [-0.2, 0) is 11.3 Å². The van der Waals surface area contributed by atoms with E-state index in [9.17, 15) is 10.1 Å². The molecular weight excluding hydrogens is 491 g/mol. The summed E-state index contributed by atoms with van der Waals surface area (Å²) in [4.78, 5) is 16.3. The number of rotatable bonds is 10. The molecule has 28 heavy (non-hydrogen) atoms. The Hall–Kier alpha value is -1.72. The minimum atomic E-state index is -0.399. The molecule has 7 nitrogen and oxygen atoms in total. The predicted octanol–water partition coefficient (Wildman–Crippen LogP) is 4.50. The van der Waals surface area contributed by atoms with Crippen LogP contribution in [0.3, 0.4) is 0 Å². The van der Waals surface area contributed by atoms with E-state index in [2.05, 4.69) is 34.0 Å². The molecule has 1 unspecified atom stereocenters. The van der Waals surface area contributed by atoms with Crippen molar-refractivity contribution in [2.75, 3.05) is 20.3 Å². The molecule has 0 aliphatic heterocycles. The van der Waals surface area contributed by atoms with Crippen molar-refractivity contribution in [3.05, 3.63) is 62.3 Å². The van der Waals surface area contributed by atoms with E-state index < -0.39 is 4.92 Å². The second kappa shape index (κ2) is 13.5. The highest BCUT2D eigenvalue weighted by molar-refractivity contribution is 14.0. The standard InChI is InChI=1S/C19H26N4O3S.HI/c1-3-17(18-6-4-13-27-18)22-19(20-11-5-12-26-2)21-14-15-7-9-16(10-8-15)23(24)25;/h4,6-10,13,17H,3,5,11-12,14H2,1-2H3,(H2,20,21,22);1H. The molecule has 0 fully saturated rings. The summed E-state index contributed by atoms with van der Waals surface area (Å²) in [5, 5.41) is 19.7. The summed E-state index contributed by atoms with van der Waals surface area (Å²) in [5.74, 6) is 0.727. The van der Waals surface area contributed by atoms with Crippen LogP contribution in [0.2, 0.25) is 0 Å². The van der Waals surface area contributed by atoms with Gasteiger partial charge in [0.2, 0.25) is 0 Å². The van der Waals surface area contributed by atoms with Crippen molar-refractivity contribution in [3.8, 4) is 0 Å². The van der Waals surface area contributed by atoms with Crippen molar-refractivity contribution >= 4 is 47.0 Å². The zero-order valence-electron chi connectivity index (χ0n) is 16.1. The van der Waals surface area contributed by atoms with Crippen LogP contribution >= 0.6 is 35.3 Å². The van der Waals surface area contributed by atoms with Crippen LogP contribution in [0, 0.1) is 10.1 Å². The van der Waals surface area contributed by atoms with Crippen molar-refractivity contribution < 1.29 is 9.66 Å². The van der Waals surface area contributed by atoms with Gasteiger partial charge in [0, 0.05) is 37.3 Å². The molecule has 0 aliphatic rings. The first kappa shape index (κ1) is 24.3. The van der Waals surface area contributed by atoms with Gasteiger partial charge < -0.3 is 15.4 Å². The summed E-state index contributed by atoms with van der Waals surface area (Å²) < 4.78 is 5.09. The maximum atomic E-state index is 10.8. The molecular formula is C19H27IN4O3S. The number of hydrogen-bond donors (Lipinski definition) is 2. The average molecular weight is 518 g/mol. The number of benzene rings is 1. The second-order valence-corrected chi connectivity index (χ2v) is 6.96. The van der Waals surface area contributed by atoms with E-state index in [4.69, 9.17) is 4.74 Å². The molecule has 2 aromatic rings. The Balaban J connectivity index is 0.00000392. The normalized spacial score (nSPS) is 12.1. The van der Waals surface area contributed by atoms with Gasteiger partial charge in [-0.1, -0.05) is 25.1 Å². The molecule has 0 amide bonds. The zero-order chi connectivity index (χ0) is 19.5. The van der Waals surface area contributed by atoms with Crippen LogP contribution in [0.25, 0.3) is 0 Å². The lowest BCUT2D eigenvalue weighted by Gasteiger charge is -2.19. The van der Waals surface area contributed by atoms with Crippen LogP contribution in [0.1, 0.15) is 36.2 Å². The summed E-state index contributed by atoms with van der Waals surface area (Å²) >= 11 is 1.72. The van der Waals surface area contributed by atoms with Crippen molar-refractivity contribution in [3.63, 3.8) is 0 Å². The third kappa shape index (κ3) is 8.11. The molecule has 1 aromatic heterocycles. The number of guanidine groups is 1. The van der Waals surface area contributed by atoms with E-state index in [-0.39, 0.29) is 35.7 Å². The SMILES string of the molecule is CCC(NC(=NCc1ccc([N+](=O)[O-])cc1)NCCCOC)c1cccs1.I. The number of thiophene rings is 1. The summed E-state index contributed by atoms with van der Waals surface area (Å²) in [6, 6.07) is 10.8. The minimum Gasteiger partial charge on any atom is -0.385 e. The highest BCUT2D eigenvalue weighted by Crippen LogP contribution is 2.21. The first-order valence-electron chi connectivity index (χ1n) is 8.94. The Morgan fingerprint density at radius 1 is 1.32 bits per heavy atom. The Morgan fingerprint density at radius 3 is 2.64 bits per heavy atom. The molecule has 154 valence electrons. The third-order valence-corrected chi connectivity index (χ3v) is 4.98. The van der Waals surface area contributed by atoms with E-state index in [1.54, 1.807) is 30.6 Å². The number of nitrogens with one attached hydrogen (secondary N) is 2. The Bertz CT molecular complexity index is 723. The largest absolute Gasteiger partial charge is 0.385 e. The maximum absolute atomic E-state index is 10.8. The van der Waals surface area contributed by atoms with E-state index in [1.807, 2.05) is 6.07 Å². The van der Waals surface area contributed by atoms with Crippen LogP contribution in [0.4, 0.5) is 5.69 Å². The third-order valence-electron chi connectivity index (χ3n) is 3.99. The van der Waals surface area contributed by atoms with Gasteiger partial charge in [0.15, 0.2) is 5.96 Å². The fourth-order valence-electron chi connectivity index (χ4n) is 2.50.